The lowest BCUT2D eigenvalue weighted by molar-refractivity contribution is 0.829. The summed E-state index contributed by atoms with van der Waals surface area (Å²) < 4.78 is 0. The molecule has 1 aliphatic heterocycles. The van der Waals surface area contributed by atoms with Crippen molar-refractivity contribution >= 4 is 22.6 Å². The Hall–Kier alpha value is -1.74. The summed E-state index contributed by atoms with van der Waals surface area (Å²) in [4.78, 5) is 4.71. The third-order valence-electron chi connectivity index (χ3n) is 3.64. The van der Waals surface area contributed by atoms with Crippen molar-refractivity contribution in [2.45, 2.75) is 12.8 Å². The summed E-state index contributed by atoms with van der Waals surface area (Å²) in [5, 5.41) is 4.44. The predicted octanol–water partition coefficient (Wildman–Crippen LogP) is 4.27. The lowest BCUT2D eigenvalue weighted by atomic mass is 9.89. The molecule has 20 heavy (non-hydrogen) atoms. The van der Waals surface area contributed by atoms with Gasteiger partial charge in [0.1, 0.15) is 0 Å². The summed E-state index contributed by atoms with van der Waals surface area (Å²) in [5.41, 5.74) is 5.13. The van der Waals surface area contributed by atoms with Crippen molar-refractivity contribution in [1.29, 1.82) is 0 Å². The van der Waals surface area contributed by atoms with Crippen molar-refractivity contribution in [3.05, 3.63) is 65.2 Å². The van der Waals surface area contributed by atoms with Gasteiger partial charge in [0.2, 0.25) is 0 Å². The fraction of sp³-hybridized carbons (Fsp3) is 0.235. The average molecular weight is 282 g/mol. The molecule has 0 amide bonds. The number of hydrogen-bond donors (Lipinski definition) is 1. The zero-order valence-electron chi connectivity index (χ0n) is 11.8. The highest BCUT2D eigenvalue weighted by atomic mass is 32.2. The Kier molecular flexibility index (Phi) is 3.79. The van der Waals surface area contributed by atoms with Crippen molar-refractivity contribution in [2.75, 3.05) is 18.1 Å². The standard InChI is InChI=1S/C17H18N2S/c1-12-8-9-16-14(10-12)15(11-18-17(19-16)20-2)13-6-4-3-5-7-13/h3-10,15H,11H2,1-2H3,(H,18,19). The van der Waals surface area contributed by atoms with Crippen LogP contribution in [0.15, 0.2) is 53.5 Å². The van der Waals surface area contributed by atoms with Gasteiger partial charge in [-0.1, -0.05) is 59.8 Å². The summed E-state index contributed by atoms with van der Waals surface area (Å²) >= 11 is 1.66. The number of thioether (sulfide) groups is 1. The van der Waals surface area contributed by atoms with E-state index in [1.165, 1.54) is 22.4 Å². The molecule has 1 atom stereocenters. The molecule has 0 saturated carbocycles. The fourth-order valence-corrected chi connectivity index (χ4v) is 3.01. The van der Waals surface area contributed by atoms with Crippen LogP contribution in [0.3, 0.4) is 0 Å². The molecule has 0 spiro atoms. The molecule has 0 aromatic heterocycles. The number of nitrogens with one attached hydrogen (secondary N) is 1. The maximum absolute atomic E-state index is 4.71. The van der Waals surface area contributed by atoms with Gasteiger partial charge in [0.25, 0.3) is 0 Å². The molecular weight excluding hydrogens is 264 g/mol. The van der Waals surface area contributed by atoms with Crippen molar-refractivity contribution < 1.29 is 0 Å². The Balaban J connectivity index is 2.11. The highest BCUT2D eigenvalue weighted by molar-refractivity contribution is 8.13. The summed E-state index contributed by atoms with van der Waals surface area (Å²) in [5.74, 6) is 0.322. The third kappa shape index (κ3) is 2.59. The van der Waals surface area contributed by atoms with Crippen LogP contribution < -0.4 is 5.32 Å². The summed E-state index contributed by atoms with van der Waals surface area (Å²) in [6.45, 7) is 2.94. The molecule has 0 saturated heterocycles. The number of aliphatic imine (C=N–C) groups is 1. The van der Waals surface area contributed by atoms with Crippen LogP contribution in [0.25, 0.3) is 0 Å². The van der Waals surface area contributed by atoms with E-state index in [0.29, 0.717) is 5.92 Å². The number of anilines is 1. The Morgan fingerprint density at radius 3 is 2.70 bits per heavy atom. The molecule has 3 heteroatoms. The van der Waals surface area contributed by atoms with Crippen LogP contribution in [-0.4, -0.2) is 18.0 Å². The summed E-state index contributed by atoms with van der Waals surface area (Å²) in [6.07, 6.45) is 2.06. The van der Waals surface area contributed by atoms with Gasteiger partial charge in [-0.05, 0) is 30.4 Å². The monoisotopic (exact) mass is 282 g/mol. The second kappa shape index (κ2) is 5.71. The lowest BCUT2D eigenvalue weighted by Crippen LogP contribution is -2.07. The molecule has 1 N–H and O–H groups in total. The number of fused-ring (bicyclic) bond motifs is 1. The van der Waals surface area contributed by atoms with Gasteiger partial charge in [-0.2, -0.15) is 0 Å². The smallest absolute Gasteiger partial charge is 0.160 e. The van der Waals surface area contributed by atoms with Crippen LogP contribution in [0.4, 0.5) is 5.69 Å². The van der Waals surface area contributed by atoms with Crippen molar-refractivity contribution in [3.63, 3.8) is 0 Å². The van der Waals surface area contributed by atoms with Crippen LogP contribution in [0.5, 0.6) is 0 Å². The number of benzene rings is 2. The molecule has 1 unspecified atom stereocenters. The largest absolute Gasteiger partial charge is 0.335 e. The van der Waals surface area contributed by atoms with E-state index in [0.717, 1.165) is 11.7 Å². The molecule has 3 rings (SSSR count). The number of hydrogen-bond acceptors (Lipinski definition) is 3. The molecule has 1 heterocycles. The Morgan fingerprint density at radius 1 is 1.15 bits per heavy atom. The van der Waals surface area contributed by atoms with Crippen LogP contribution >= 0.6 is 11.8 Å². The number of nitrogens with zero attached hydrogens (tertiary/aromatic N) is 1. The Morgan fingerprint density at radius 2 is 1.95 bits per heavy atom. The lowest BCUT2D eigenvalue weighted by Gasteiger charge is -2.17. The van der Waals surface area contributed by atoms with Crippen LogP contribution in [0.1, 0.15) is 22.6 Å². The topological polar surface area (TPSA) is 24.4 Å². The van der Waals surface area contributed by atoms with Crippen molar-refractivity contribution in [1.82, 2.24) is 0 Å². The van der Waals surface area contributed by atoms with Crippen molar-refractivity contribution in [2.24, 2.45) is 4.99 Å². The molecule has 0 bridgehead atoms. The number of aryl methyl sites for hydroxylation is 1. The molecule has 0 aliphatic carbocycles. The minimum atomic E-state index is 0.322. The van der Waals surface area contributed by atoms with Crippen LogP contribution in [0.2, 0.25) is 0 Å². The van der Waals surface area contributed by atoms with E-state index in [2.05, 4.69) is 67.0 Å². The molecule has 2 nitrogen and oxygen atoms in total. The van der Waals surface area contributed by atoms with Gasteiger partial charge in [0.15, 0.2) is 5.17 Å². The van der Waals surface area contributed by atoms with E-state index in [4.69, 9.17) is 4.99 Å². The molecular formula is C17H18N2S. The van der Waals surface area contributed by atoms with E-state index < -0.39 is 0 Å². The molecule has 1 aliphatic rings. The van der Waals surface area contributed by atoms with Gasteiger partial charge in [-0.15, -0.1) is 0 Å². The first kappa shape index (κ1) is 13.3. The van der Waals surface area contributed by atoms with E-state index >= 15 is 0 Å². The minimum Gasteiger partial charge on any atom is -0.335 e. The first-order valence-corrected chi connectivity index (χ1v) is 8.01. The quantitative estimate of drug-likeness (QED) is 0.844. The SMILES string of the molecule is CSC1=NCC(c2ccccc2)c2cc(C)ccc2N1. The van der Waals surface area contributed by atoms with Gasteiger partial charge in [-0.25, -0.2) is 0 Å². The van der Waals surface area contributed by atoms with Gasteiger partial charge in [0, 0.05) is 11.6 Å². The number of amidine groups is 1. The maximum Gasteiger partial charge on any atom is 0.160 e. The molecule has 2 aromatic carbocycles. The third-order valence-corrected chi connectivity index (χ3v) is 4.25. The fourth-order valence-electron chi connectivity index (χ4n) is 2.60. The van der Waals surface area contributed by atoms with Crippen LogP contribution in [-0.2, 0) is 0 Å². The molecule has 102 valence electrons. The van der Waals surface area contributed by atoms with E-state index in [9.17, 15) is 0 Å². The molecule has 0 fully saturated rings. The number of rotatable bonds is 1. The minimum absolute atomic E-state index is 0.322. The highest BCUT2D eigenvalue weighted by Crippen LogP contribution is 2.34. The van der Waals surface area contributed by atoms with Crippen LogP contribution in [0, 0.1) is 6.92 Å². The van der Waals surface area contributed by atoms with Gasteiger partial charge in [0.05, 0.1) is 6.54 Å². The Labute approximate surface area is 124 Å². The van der Waals surface area contributed by atoms with Crippen molar-refractivity contribution in [3.8, 4) is 0 Å². The average Bonchev–Trinajstić information content (AvgIpc) is 2.67. The normalized spacial score (nSPS) is 17.7. The van der Waals surface area contributed by atoms with E-state index in [1.54, 1.807) is 11.8 Å². The van der Waals surface area contributed by atoms with Gasteiger partial charge >= 0.3 is 0 Å². The van der Waals surface area contributed by atoms with Gasteiger partial charge in [-0.3, -0.25) is 4.99 Å². The summed E-state index contributed by atoms with van der Waals surface area (Å²) in [7, 11) is 0. The maximum atomic E-state index is 4.71. The zero-order valence-corrected chi connectivity index (χ0v) is 12.6. The van der Waals surface area contributed by atoms with E-state index in [1.807, 2.05) is 0 Å². The predicted molar refractivity (Wildman–Crippen MR) is 88.9 cm³/mol. The highest BCUT2D eigenvalue weighted by Gasteiger charge is 2.21. The second-order valence-electron chi connectivity index (χ2n) is 5.03. The van der Waals surface area contributed by atoms with E-state index in [-0.39, 0.29) is 0 Å². The zero-order chi connectivity index (χ0) is 13.9. The second-order valence-corrected chi connectivity index (χ2v) is 5.82. The first-order chi connectivity index (χ1) is 9.78. The molecule has 0 radical (unpaired) electrons. The molecule has 2 aromatic rings. The first-order valence-electron chi connectivity index (χ1n) is 6.79. The summed E-state index contributed by atoms with van der Waals surface area (Å²) in [6, 6.07) is 17.2. The van der Waals surface area contributed by atoms with Gasteiger partial charge < -0.3 is 5.32 Å². The Bertz CT molecular complexity index is 635.